The molecule has 112 valence electrons. The highest BCUT2D eigenvalue weighted by atomic mass is 32.2. The normalized spacial score (nSPS) is 10.4. The summed E-state index contributed by atoms with van der Waals surface area (Å²) in [5, 5.41) is 0. The Bertz CT molecular complexity index is 383. The summed E-state index contributed by atoms with van der Waals surface area (Å²) in [6.45, 7) is 2.26. The zero-order valence-electron chi connectivity index (χ0n) is 12.5. The molecule has 0 unspecified atom stereocenters. The molecule has 20 heavy (non-hydrogen) atoms. The fraction of sp³-hybridized carbons (Fsp3) is 0.562. The summed E-state index contributed by atoms with van der Waals surface area (Å²) >= 11 is 1.91. The first kappa shape index (κ1) is 16.9. The van der Waals surface area contributed by atoms with Crippen LogP contribution in [0.2, 0.25) is 0 Å². The first-order valence-electron chi connectivity index (χ1n) is 7.55. The largest absolute Gasteiger partial charge is 0.370 e. The van der Waals surface area contributed by atoms with Crippen LogP contribution in [0.1, 0.15) is 51.9 Å². The molecule has 0 amide bonds. The van der Waals surface area contributed by atoms with Gasteiger partial charge >= 0.3 is 0 Å². The van der Waals surface area contributed by atoms with Gasteiger partial charge in [-0.15, -0.1) is 11.8 Å². The number of hydrogen-bond donors (Lipinski definition) is 2. The van der Waals surface area contributed by atoms with Crippen LogP contribution in [-0.4, -0.2) is 11.7 Å². The summed E-state index contributed by atoms with van der Waals surface area (Å²) in [6, 6.07) is 8.06. The Kier molecular flexibility index (Phi) is 8.96. The Balaban J connectivity index is 2.11. The average Bonchev–Trinajstić information content (AvgIpc) is 2.43. The van der Waals surface area contributed by atoms with Gasteiger partial charge in [-0.2, -0.15) is 0 Å². The van der Waals surface area contributed by atoms with Crippen LogP contribution in [-0.2, 0) is 0 Å². The number of benzene rings is 1. The Morgan fingerprint density at radius 2 is 1.55 bits per heavy atom. The first-order valence-corrected chi connectivity index (χ1v) is 8.53. The number of aliphatic imine (C=N–C) groups is 1. The predicted octanol–water partition coefficient (Wildman–Crippen LogP) is 4.43. The molecule has 0 heterocycles. The minimum atomic E-state index is 0.105. The second-order valence-electron chi connectivity index (χ2n) is 5.00. The third kappa shape index (κ3) is 8.10. The second-order valence-corrected chi connectivity index (χ2v) is 6.17. The molecule has 0 saturated heterocycles. The maximum atomic E-state index is 5.34. The molecular weight excluding hydrogens is 266 g/mol. The van der Waals surface area contributed by atoms with Crippen LogP contribution >= 0.6 is 11.8 Å². The van der Waals surface area contributed by atoms with Crippen LogP contribution in [0.4, 0.5) is 5.69 Å². The third-order valence-electron chi connectivity index (χ3n) is 3.11. The Hall–Kier alpha value is -1.16. The topological polar surface area (TPSA) is 64.4 Å². The van der Waals surface area contributed by atoms with E-state index in [-0.39, 0.29) is 5.96 Å². The molecule has 3 nitrogen and oxygen atoms in total. The van der Waals surface area contributed by atoms with Gasteiger partial charge < -0.3 is 11.5 Å². The van der Waals surface area contributed by atoms with E-state index in [2.05, 4.69) is 24.0 Å². The number of unbranched alkanes of at least 4 members (excludes halogenated alkanes) is 6. The summed E-state index contributed by atoms with van der Waals surface area (Å²) in [5.74, 6) is 1.29. The van der Waals surface area contributed by atoms with Crippen molar-refractivity contribution < 1.29 is 0 Å². The SMILES string of the molecule is CCCCCCCCCSc1ccc(N=C(N)N)cc1. The highest BCUT2D eigenvalue weighted by Crippen LogP contribution is 2.23. The molecule has 4 N–H and O–H groups in total. The molecule has 1 aromatic rings. The fourth-order valence-electron chi connectivity index (χ4n) is 2.02. The van der Waals surface area contributed by atoms with Crippen LogP contribution in [0.15, 0.2) is 34.2 Å². The van der Waals surface area contributed by atoms with Crippen molar-refractivity contribution in [2.24, 2.45) is 16.5 Å². The maximum Gasteiger partial charge on any atom is 0.191 e. The van der Waals surface area contributed by atoms with E-state index in [1.165, 1.54) is 55.6 Å². The quantitative estimate of drug-likeness (QED) is 0.290. The average molecular weight is 293 g/mol. The van der Waals surface area contributed by atoms with Gasteiger partial charge in [-0.25, -0.2) is 4.99 Å². The Morgan fingerprint density at radius 1 is 0.950 bits per heavy atom. The van der Waals surface area contributed by atoms with E-state index in [1.807, 2.05) is 23.9 Å². The number of hydrogen-bond acceptors (Lipinski definition) is 2. The molecule has 4 heteroatoms. The molecule has 0 aromatic heterocycles. The zero-order valence-corrected chi connectivity index (χ0v) is 13.3. The van der Waals surface area contributed by atoms with Gasteiger partial charge in [0.1, 0.15) is 0 Å². The molecule has 1 aromatic carbocycles. The van der Waals surface area contributed by atoms with Gasteiger partial charge in [-0.05, 0) is 36.4 Å². The number of nitrogens with two attached hydrogens (primary N) is 2. The molecule has 0 aliphatic heterocycles. The summed E-state index contributed by atoms with van der Waals surface area (Å²) in [6.07, 6.45) is 9.53. The maximum absolute atomic E-state index is 5.34. The highest BCUT2D eigenvalue weighted by Gasteiger charge is 1.96. The Labute approximate surface area is 127 Å². The molecule has 0 aliphatic rings. The smallest absolute Gasteiger partial charge is 0.191 e. The molecule has 0 saturated carbocycles. The molecule has 0 fully saturated rings. The lowest BCUT2D eigenvalue weighted by molar-refractivity contribution is 0.603. The summed E-state index contributed by atoms with van der Waals surface area (Å²) in [7, 11) is 0. The van der Waals surface area contributed by atoms with Crippen LogP contribution in [0.25, 0.3) is 0 Å². The van der Waals surface area contributed by atoms with E-state index >= 15 is 0 Å². The van der Waals surface area contributed by atoms with E-state index < -0.39 is 0 Å². The van der Waals surface area contributed by atoms with Crippen LogP contribution < -0.4 is 11.5 Å². The molecule has 0 aliphatic carbocycles. The van der Waals surface area contributed by atoms with Crippen molar-refractivity contribution in [1.82, 2.24) is 0 Å². The van der Waals surface area contributed by atoms with E-state index in [0.29, 0.717) is 0 Å². The van der Waals surface area contributed by atoms with Crippen molar-refractivity contribution in [2.75, 3.05) is 5.75 Å². The fourth-order valence-corrected chi connectivity index (χ4v) is 2.93. The molecule has 0 radical (unpaired) electrons. The summed E-state index contributed by atoms with van der Waals surface area (Å²) < 4.78 is 0. The minimum Gasteiger partial charge on any atom is -0.370 e. The third-order valence-corrected chi connectivity index (χ3v) is 4.21. The molecule has 0 atom stereocenters. The van der Waals surface area contributed by atoms with Crippen LogP contribution in [0, 0.1) is 0 Å². The number of rotatable bonds is 10. The van der Waals surface area contributed by atoms with Crippen molar-refractivity contribution in [2.45, 2.75) is 56.8 Å². The second kappa shape index (κ2) is 10.6. The lowest BCUT2D eigenvalue weighted by Crippen LogP contribution is -2.21. The predicted molar refractivity (Wildman–Crippen MR) is 90.6 cm³/mol. The minimum absolute atomic E-state index is 0.105. The Morgan fingerprint density at radius 3 is 2.15 bits per heavy atom. The van der Waals surface area contributed by atoms with Gasteiger partial charge in [-0.1, -0.05) is 45.4 Å². The lowest BCUT2D eigenvalue weighted by atomic mass is 10.1. The molecule has 1 rings (SSSR count). The standard InChI is InChI=1S/C16H27N3S/c1-2-3-4-5-6-7-8-13-20-15-11-9-14(10-12-15)19-16(17)18/h9-12H,2-8,13H2,1H3,(H4,17,18,19). The van der Waals surface area contributed by atoms with Gasteiger partial charge in [0.05, 0.1) is 5.69 Å². The van der Waals surface area contributed by atoms with Crippen molar-refractivity contribution >= 4 is 23.4 Å². The zero-order chi connectivity index (χ0) is 14.6. The van der Waals surface area contributed by atoms with Crippen molar-refractivity contribution in [3.63, 3.8) is 0 Å². The van der Waals surface area contributed by atoms with Crippen LogP contribution in [0.5, 0.6) is 0 Å². The molecule has 0 bridgehead atoms. The molecular formula is C16H27N3S. The highest BCUT2D eigenvalue weighted by molar-refractivity contribution is 7.99. The van der Waals surface area contributed by atoms with E-state index in [0.717, 1.165) is 5.69 Å². The number of guanidine groups is 1. The van der Waals surface area contributed by atoms with Crippen LogP contribution in [0.3, 0.4) is 0 Å². The summed E-state index contributed by atoms with van der Waals surface area (Å²) in [5.41, 5.74) is 11.5. The van der Waals surface area contributed by atoms with Gasteiger partial charge in [-0.3, -0.25) is 0 Å². The molecule has 0 spiro atoms. The lowest BCUT2D eigenvalue weighted by Gasteiger charge is -2.03. The van der Waals surface area contributed by atoms with Gasteiger partial charge in [0, 0.05) is 4.90 Å². The van der Waals surface area contributed by atoms with E-state index in [1.54, 1.807) is 0 Å². The van der Waals surface area contributed by atoms with Crippen molar-refractivity contribution in [1.29, 1.82) is 0 Å². The van der Waals surface area contributed by atoms with Crippen molar-refractivity contribution in [3.05, 3.63) is 24.3 Å². The van der Waals surface area contributed by atoms with Gasteiger partial charge in [0.2, 0.25) is 0 Å². The number of nitrogens with zero attached hydrogens (tertiary/aromatic N) is 1. The monoisotopic (exact) mass is 293 g/mol. The van der Waals surface area contributed by atoms with E-state index in [4.69, 9.17) is 11.5 Å². The first-order chi connectivity index (χ1) is 9.72. The summed E-state index contributed by atoms with van der Waals surface area (Å²) in [4.78, 5) is 5.29. The van der Waals surface area contributed by atoms with Gasteiger partial charge in [0.25, 0.3) is 0 Å². The number of thioether (sulfide) groups is 1. The van der Waals surface area contributed by atoms with Gasteiger partial charge in [0.15, 0.2) is 5.96 Å². The van der Waals surface area contributed by atoms with Crippen molar-refractivity contribution in [3.8, 4) is 0 Å². The van der Waals surface area contributed by atoms with E-state index in [9.17, 15) is 0 Å².